The Kier molecular flexibility index (Phi) is 5.83. The van der Waals surface area contributed by atoms with Crippen molar-refractivity contribution in [2.24, 2.45) is 0 Å². The number of rotatable bonds is 3. The van der Waals surface area contributed by atoms with Crippen molar-refractivity contribution >= 4 is 6.29 Å². The fourth-order valence-electron chi connectivity index (χ4n) is 1.95. The molecule has 0 radical (unpaired) electrons. The molecule has 76 valence electrons. The molecule has 0 N–H and O–H groups in total. The van der Waals surface area contributed by atoms with E-state index >= 15 is 0 Å². The molecule has 0 unspecified atom stereocenters. The Bertz CT molecular complexity index is 126. The van der Waals surface area contributed by atoms with E-state index in [9.17, 15) is 4.79 Å². The molecule has 0 bridgehead atoms. The third-order valence-electron chi connectivity index (χ3n) is 2.76. The molecule has 1 saturated heterocycles. The predicted molar refractivity (Wildman–Crippen MR) is 54.8 cm³/mol. The summed E-state index contributed by atoms with van der Waals surface area (Å²) in [6.45, 7) is 3.38. The summed E-state index contributed by atoms with van der Waals surface area (Å²) in [4.78, 5) is 12.7. The highest BCUT2D eigenvalue weighted by atomic mass is 16.1. The zero-order valence-corrected chi connectivity index (χ0v) is 8.50. The van der Waals surface area contributed by atoms with E-state index in [0.29, 0.717) is 6.42 Å². The Morgan fingerprint density at radius 2 is 1.46 bits per heavy atom. The standard InChI is InChI=1S/C11H21NO/c13-11-7-10-12-8-5-3-1-2-4-6-9-12/h11H,1-10H2. The van der Waals surface area contributed by atoms with Crippen molar-refractivity contribution in [3.05, 3.63) is 0 Å². The van der Waals surface area contributed by atoms with Gasteiger partial charge in [-0.05, 0) is 25.9 Å². The van der Waals surface area contributed by atoms with Crippen molar-refractivity contribution in [2.45, 2.75) is 44.9 Å². The van der Waals surface area contributed by atoms with Crippen molar-refractivity contribution in [1.82, 2.24) is 4.90 Å². The molecule has 2 nitrogen and oxygen atoms in total. The lowest BCUT2D eigenvalue weighted by atomic mass is 10.1. The van der Waals surface area contributed by atoms with Gasteiger partial charge in [-0.15, -0.1) is 0 Å². The second-order valence-electron chi connectivity index (χ2n) is 3.92. The molecule has 1 fully saturated rings. The highest BCUT2D eigenvalue weighted by molar-refractivity contribution is 5.49. The molecule has 0 atom stereocenters. The summed E-state index contributed by atoms with van der Waals surface area (Å²) in [5.74, 6) is 0. The Morgan fingerprint density at radius 3 is 2.00 bits per heavy atom. The summed E-state index contributed by atoms with van der Waals surface area (Å²) >= 11 is 0. The quantitative estimate of drug-likeness (QED) is 0.625. The average molecular weight is 183 g/mol. The molecular formula is C11H21NO. The van der Waals surface area contributed by atoms with Crippen LogP contribution in [0.25, 0.3) is 0 Å². The molecule has 1 aliphatic rings. The molecule has 1 rings (SSSR count). The van der Waals surface area contributed by atoms with Crippen molar-refractivity contribution in [3.8, 4) is 0 Å². The van der Waals surface area contributed by atoms with Crippen molar-refractivity contribution in [3.63, 3.8) is 0 Å². The lowest BCUT2D eigenvalue weighted by Crippen LogP contribution is -2.27. The van der Waals surface area contributed by atoms with E-state index in [2.05, 4.69) is 4.90 Å². The van der Waals surface area contributed by atoms with E-state index in [-0.39, 0.29) is 0 Å². The highest BCUT2D eigenvalue weighted by Gasteiger charge is 2.05. The molecule has 0 aliphatic carbocycles. The van der Waals surface area contributed by atoms with Gasteiger partial charge in [0.1, 0.15) is 6.29 Å². The lowest BCUT2D eigenvalue weighted by molar-refractivity contribution is -0.108. The smallest absolute Gasteiger partial charge is 0.121 e. The summed E-state index contributed by atoms with van der Waals surface area (Å²) in [6.07, 6.45) is 9.93. The van der Waals surface area contributed by atoms with Crippen LogP contribution < -0.4 is 0 Å². The Morgan fingerprint density at radius 1 is 0.923 bits per heavy atom. The van der Waals surface area contributed by atoms with E-state index in [1.54, 1.807) is 0 Å². The van der Waals surface area contributed by atoms with Crippen LogP contribution in [0.5, 0.6) is 0 Å². The van der Waals surface area contributed by atoms with E-state index in [4.69, 9.17) is 0 Å². The van der Waals surface area contributed by atoms with Gasteiger partial charge >= 0.3 is 0 Å². The van der Waals surface area contributed by atoms with E-state index < -0.39 is 0 Å². The van der Waals surface area contributed by atoms with Crippen LogP contribution in [0.4, 0.5) is 0 Å². The Labute approximate surface area is 81.3 Å². The molecule has 0 saturated carbocycles. The first kappa shape index (κ1) is 10.7. The summed E-state index contributed by atoms with van der Waals surface area (Å²) in [5.41, 5.74) is 0. The van der Waals surface area contributed by atoms with Crippen LogP contribution >= 0.6 is 0 Å². The third kappa shape index (κ3) is 5.04. The zero-order valence-electron chi connectivity index (χ0n) is 8.50. The maximum Gasteiger partial charge on any atom is 0.121 e. The summed E-state index contributed by atoms with van der Waals surface area (Å²) in [6, 6.07) is 0. The Hall–Kier alpha value is -0.370. The second-order valence-corrected chi connectivity index (χ2v) is 3.92. The van der Waals surface area contributed by atoms with Crippen LogP contribution in [0.15, 0.2) is 0 Å². The first-order valence-electron chi connectivity index (χ1n) is 5.59. The maximum absolute atomic E-state index is 10.2. The molecule has 0 aromatic rings. The van der Waals surface area contributed by atoms with Crippen LogP contribution in [-0.2, 0) is 4.79 Å². The van der Waals surface area contributed by atoms with Crippen LogP contribution in [0.2, 0.25) is 0 Å². The number of aldehydes is 1. The van der Waals surface area contributed by atoms with Crippen LogP contribution in [-0.4, -0.2) is 30.8 Å². The van der Waals surface area contributed by atoms with Gasteiger partial charge < -0.3 is 9.69 Å². The average Bonchev–Trinajstić information content (AvgIpc) is 2.28. The molecule has 0 amide bonds. The molecule has 13 heavy (non-hydrogen) atoms. The zero-order chi connectivity index (χ0) is 9.36. The number of hydrogen-bond donors (Lipinski definition) is 0. The van der Waals surface area contributed by atoms with Crippen molar-refractivity contribution in [1.29, 1.82) is 0 Å². The minimum absolute atomic E-state index is 0.708. The first-order valence-corrected chi connectivity index (χ1v) is 5.59. The lowest BCUT2D eigenvalue weighted by Gasteiger charge is -2.19. The van der Waals surface area contributed by atoms with Crippen LogP contribution in [0.3, 0.4) is 0 Å². The summed E-state index contributed by atoms with van der Waals surface area (Å²) in [7, 11) is 0. The van der Waals surface area contributed by atoms with E-state index in [0.717, 1.165) is 12.8 Å². The molecule has 1 aliphatic heterocycles. The van der Waals surface area contributed by atoms with Gasteiger partial charge in [0.2, 0.25) is 0 Å². The van der Waals surface area contributed by atoms with Gasteiger partial charge in [-0.1, -0.05) is 25.7 Å². The number of nitrogens with zero attached hydrogens (tertiary/aromatic N) is 1. The number of carbonyl (C=O) groups is 1. The van der Waals surface area contributed by atoms with Gasteiger partial charge in [-0.2, -0.15) is 0 Å². The number of hydrogen-bond acceptors (Lipinski definition) is 2. The summed E-state index contributed by atoms with van der Waals surface area (Å²) in [5, 5.41) is 0. The molecule has 0 spiro atoms. The molecule has 0 aromatic heterocycles. The minimum Gasteiger partial charge on any atom is -0.303 e. The van der Waals surface area contributed by atoms with Gasteiger partial charge in [-0.3, -0.25) is 0 Å². The second kappa shape index (κ2) is 7.07. The fraction of sp³-hybridized carbons (Fsp3) is 0.909. The highest BCUT2D eigenvalue weighted by Crippen LogP contribution is 2.10. The van der Waals surface area contributed by atoms with Gasteiger partial charge in [0.25, 0.3) is 0 Å². The molecular weight excluding hydrogens is 162 g/mol. The summed E-state index contributed by atoms with van der Waals surface area (Å²) < 4.78 is 0. The third-order valence-corrected chi connectivity index (χ3v) is 2.76. The van der Waals surface area contributed by atoms with Gasteiger partial charge in [0.05, 0.1) is 0 Å². The molecule has 0 aromatic carbocycles. The van der Waals surface area contributed by atoms with E-state index in [1.807, 2.05) is 0 Å². The predicted octanol–water partition coefficient (Wildman–Crippen LogP) is 2.23. The van der Waals surface area contributed by atoms with Crippen LogP contribution in [0.1, 0.15) is 44.9 Å². The Balaban J connectivity index is 2.19. The van der Waals surface area contributed by atoms with Crippen molar-refractivity contribution < 1.29 is 4.79 Å². The fourth-order valence-corrected chi connectivity index (χ4v) is 1.95. The molecule has 1 heterocycles. The first-order chi connectivity index (χ1) is 6.43. The van der Waals surface area contributed by atoms with E-state index in [1.165, 1.54) is 51.6 Å². The van der Waals surface area contributed by atoms with Gasteiger partial charge in [-0.25, -0.2) is 0 Å². The van der Waals surface area contributed by atoms with Gasteiger partial charge in [0.15, 0.2) is 0 Å². The minimum atomic E-state index is 0.708. The topological polar surface area (TPSA) is 20.3 Å². The normalized spacial score (nSPS) is 21.5. The SMILES string of the molecule is O=CCCN1CCCCCCCC1. The molecule has 2 heteroatoms. The maximum atomic E-state index is 10.2. The van der Waals surface area contributed by atoms with Gasteiger partial charge in [0, 0.05) is 13.0 Å². The van der Waals surface area contributed by atoms with Crippen molar-refractivity contribution in [2.75, 3.05) is 19.6 Å². The largest absolute Gasteiger partial charge is 0.303 e. The van der Waals surface area contributed by atoms with Crippen LogP contribution in [0, 0.1) is 0 Å². The number of carbonyl (C=O) groups excluding carboxylic acids is 1. The monoisotopic (exact) mass is 183 g/mol.